The van der Waals surface area contributed by atoms with E-state index in [2.05, 4.69) is 20.9 Å². The zero-order valence-electron chi connectivity index (χ0n) is 34.7. The number of nitrogens with zero attached hydrogens (tertiary/aromatic N) is 3. The molecule has 0 radical (unpaired) electrons. The van der Waals surface area contributed by atoms with Gasteiger partial charge in [-0.05, 0) is 85.2 Å². The first kappa shape index (κ1) is 42.6. The lowest BCUT2D eigenvalue weighted by Gasteiger charge is -2.21. The molecule has 2 unspecified atom stereocenters. The number of unbranched alkanes of at least 4 members (excludes halogenated alkanes) is 1. The van der Waals surface area contributed by atoms with E-state index >= 15 is 0 Å². The van der Waals surface area contributed by atoms with E-state index in [0.717, 1.165) is 64.4 Å². The molecule has 3 aliphatic rings. The Bertz CT molecular complexity index is 2340. The van der Waals surface area contributed by atoms with Gasteiger partial charge in [0.25, 0.3) is 5.91 Å². The van der Waals surface area contributed by atoms with E-state index in [-0.39, 0.29) is 36.9 Å². The van der Waals surface area contributed by atoms with Crippen LogP contribution in [0.25, 0.3) is 10.8 Å². The fourth-order valence-corrected chi connectivity index (χ4v) is 8.09. The summed E-state index contributed by atoms with van der Waals surface area (Å²) in [5, 5.41) is 20.4. The van der Waals surface area contributed by atoms with Crippen LogP contribution >= 0.6 is 0 Å². The Morgan fingerprint density at radius 3 is 2.64 bits per heavy atom. The number of anilines is 3. The second-order valence-corrected chi connectivity index (χ2v) is 15.7. The minimum atomic E-state index is -0.756. The number of carbonyl (C=O) groups excluding carboxylic acids is 5. The molecule has 4 aromatic carbocycles. The number of rotatable bonds is 20. The fourth-order valence-electron chi connectivity index (χ4n) is 8.09. The van der Waals surface area contributed by atoms with E-state index in [4.69, 9.17) is 19.2 Å². The Morgan fingerprint density at radius 1 is 1.03 bits per heavy atom. The molecule has 7 rings (SSSR count). The van der Waals surface area contributed by atoms with Crippen molar-refractivity contribution in [3.8, 4) is 17.2 Å². The van der Waals surface area contributed by atoms with Gasteiger partial charge in [0.2, 0.25) is 18.2 Å². The maximum absolute atomic E-state index is 13.3. The number of fused-ring (bicyclic) bond motifs is 4. The summed E-state index contributed by atoms with van der Waals surface area (Å²) in [5.41, 5.74) is 6.31. The van der Waals surface area contributed by atoms with Gasteiger partial charge in [-0.25, -0.2) is 0 Å². The van der Waals surface area contributed by atoms with E-state index in [1.54, 1.807) is 29.3 Å². The number of methoxy groups -OCH3 is 1. The highest BCUT2D eigenvalue weighted by Gasteiger charge is 2.32. The number of likely N-dealkylation sites (N-methyl/N-ethyl adjacent to an activating group) is 1. The predicted molar refractivity (Wildman–Crippen MR) is 233 cm³/mol. The largest absolute Gasteiger partial charge is 0.507 e. The zero-order valence-corrected chi connectivity index (χ0v) is 34.7. The molecule has 320 valence electrons. The van der Waals surface area contributed by atoms with Gasteiger partial charge in [-0.15, -0.1) is 0 Å². The van der Waals surface area contributed by atoms with Crippen molar-refractivity contribution in [2.75, 3.05) is 55.7 Å². The highest BCUT2D eigenvalue weighted by molar-refractivity contribution is 6.04. The number of nitrogens with one attached hydrogen (secondary N) is 3. The third-order valence-electron chi connectivity index (χ3n) is 11.6. The number of aryl methyl sites for hydroxylation is 1. The highest BCUT2D eigenvalue weighted by atomic mass is 16.5. The first-order valence-corrected chi connectivity index (χ1v) is 20.7. The van der Waals surface area contributed by atoms with Crippen molar-refractivity contribution in [2.24, 2.45) is 10.9 Å². The van der Waals surface area contributed by atoms with Gasteiger partial charge in [-0.3, -0.25) is 29.0 Å². The van der Waals surface area contributed by atoms with Gasteiger partial charge in [0, 0.05) is 60.7 Å². The van der Waals surface area contributed by atoms with Crippen molar-refractivity contribution in [1.82, 2.24) is 10.6 Å². The van der Waals surface area contributed by atoms with Crippen molar-refractivity contribution in [3.63, 3.8) is 0 Å². The molecule has 2 aliphatic heterocycles. The summed E-state index contributed by atoms with van der Waals surface area (Å²) < 4.78 is 17.4. The molecule has 1 fully saturated rings. The van der Waals surface area contributed by atoms with Crippen LogP contribution in [0.3, 0.4) is 0 Å². The molecule has 0 spiro atoms. The number of aromatic hydroxyl groups is 1. The lowest BCUT2D eigenvalue weighted by Crippen LogP contribution is -2.38. The van der Waals surface area contributed by atoms with Crippen molar-refractivity contribution in [2.45, 2.75) is 70.4 Å². The third kappa shape index (κ3) is 9.94. The molecule has 61 heavy (non-hydrogen) atoms. The van der Waals surface area contributed by atoms with Crippen LogP contribution < -0.4 is 35.2 Å². The second-order valence-electron chi connectivity index (χ2n) is 15.7. The Hall–Kier alpha value is -6.48. The van der Waals surface area contributed by atoms with E-state index < -0.39 is 12.0 Å². The first-order chi connectivity index (χ1) is 29.6. The van der Waals surface area contributed by atoms with Crippen LogP contribution in [-0.2, 0) is 36.8 Å². The number of phenols is 1. The molecule has 0 saturated heterocycles. The normalized spacial score (nSPS) is 16.0. The van der Waals surface area contributed by atoms with Crippen molar-refractivity contribution in [3.05, 3.63) is 76.9 Å². The predicted octanol–water partition coefficient (Wildman–Crippen LogP) is 5.52. The van der Waals surface area contributed by atoms with Crippen molar-refractivity contribution >= 4 is 70.2 Å². The smallest absolute Gasteiger partial charge is 0.253 e. The topological polar surface area (TPSA) is 188 Å². The van der Waals surface area contributed by atoms with Crippen LogP contribution in [0.2, 0.25) is 0 Å². The van der Waals surface area contributed by atoms with Crippen molar-refractivity contribution < 1.29 is 43.3 Å². The third-order valence-corrected chi connectivity index (χ3v) is 11.6. The maximum Gasteiger partial charge on any atom is 0.253 e. The average molecular weight is 833 g/mol. The lowest BCUT2D eigenvalue weighted by molar-refractivity contribution is -0.132. The maximum atomic E-state index is 13.3. The van der Waals surface area contributed by atoms with Gasteiger partial charge < -0.3 is 45.1 Å². The molecule has 4 N–H and O–H groups in total. The Balaban J connectivity index is 0.932. The molecule has 2 heterocycles. The Kier molecular flexibility index (Phi) is 13.5. The van der Waals surface area contributed by atoms with Gasteiger partial charge in [-0.2, -0.15) is 0 Å². The number of aliphatic imine (C=N–C) groups is 1. The van der Waals surface area contributed by atoms with E-state index in [0.29, 0.717) is 86.0 Å². The summed E-state index contributed by atoms with van der Waals surface area (Å²) in [7, 11) is 3.45. The first-order valence-electron chi connectivity index (χ1n) is 20.7. The average Bonchev–Trinajstić information content (AvgIpc) is 3.90. The zero-order chi connectivity index (χ0) is 43.0. The second kappa shape index (κ2) is 19.3. The van der Waals surface area contributed by atoms with E-state index in [1.807, 2.05) is 50.4 Å². The van der Waals surface area contributed by atoms with Gasteiger partial charge >= 0.3 is 0 Å². The van der Waals surface area contributed by atoms with E-state index in [9.17, 15) is 29.1 Å². The number of carbonyl (C=O) groups is 5. The molecule has 4 aromatic rings. The number of hydrogen-bond acceptors (Lipinski definition) is 11. The standard InChI is InChI=1S/C46H52N6O9/c1-28-7-6-8-35-39(55)22-38-34(45(28)35)14-15-52(38)44(57)9-4-5-16-60-41-21-36(31(25-53)19-40(41)59-3)48-23-33-18-30-12-13-32(20-37(30)51(33)2)50-46(58)42(17-29-10-11-29)61-27-49-43(56)24-47-26-54/h6-8,12-13,19-23,25-26,29,33,42,55H,4-5,9-11,14-18,24,27H2,1-3H3,(H,47,54)(H,49,56)(H,50,58)/b48-23-. The molecule has 4 amide bonds. The van der Waals surface area contributed by atoms with Crippen LogP contribution in [0.5, 0.6) is 17.2 Å². The molecule has 15 nitrogen and oxygen atoms in total. The number of amides is 4. The van der Waals surface area contributed by atoms with Gasteiger partial charge in [0.05, 0.1) is 37.7 Å². The number of benzene rings is 4. The van der Waals surface area contributed by atoms with E-state index in [1.165, 1.54) is 7.11 Å². The highest BCUT2D eigenvalue weighted by Crippen LogP contribution is 2.42. The molecular formula is C46H52N6O9. The summed E-state index contributed by atoms with van der Waals surface area (Å²) in [6.45, 7) is 2.58. The SMILES string of the molecule is COc1cc(C=O)c(/N=C\C2Cc3ccc(NC(=O)C(CC4CC4)OCNC(=O)CNC=O)cc3N2C)cc1OCCCCC(=O)N1CCc2c1cc(O)c1cccc(C)c21. The van der Waals surface area contributed by atoms with Gasteiger partial charge in [0.15, 0.2) is 17.8 Å². The molecule has 1 saturated carbocycles. The van der Waals surface area contributed by atoms with Crippen LogP contribution in [0.15, 0.2) is 59.6 Å². The summed E-state index contributed by atoms with van der Waals surface area (Å²) in [4.78, 5) is 69.7. The number of hydrogen-bond donors (Lipinski definition) is 4. The Morgan fingerprint density at radius 2 is 1.87 bits per heavy atom. The summed E-state index contributed by atoms with van der Waals surface area (Å²) in [5.74, 6) is 0.678. The molecule has 2 atom stereocenters. The molecule has 0 bridgehead atoms. The van der Waals surface area contributed by atoms with Gasteiger partial charge in [0.1, 0.15) is 18.6 Å². The monoisotopic (exact) mass is 832 g/mol. The quantitative estimate of drug-likeness (QED) is 0.0382. The summed E-state index contributed by atoms with van der Waals surface area (Å²) in [6.07, 6.45) is 7.73. The van der Waals surface area contributed by atoms with Gasteiger partial charge in [-0.1, -0.05) is 37.1 Å². The van der Waals surface area contributed by atoms with Crippen LogP contribution in [0.1, 0.15) is 65.6 Å². The molecular weight excluding hydrogens is 781 g/mol. The number of phenolic OH excluding ortho intramolecular Hbond substituents is 1. The fraction of sp³-hybridized carbons (Fsp3) is 0.391. The van der Waals surface area contributed by atoms with Crippen LogP contribution in [0, 0.1) is 12.8 Å². The molecule has 1 aliphatic carbocycles. The van der Waals surface area contributed by atoms with Crippen molar-refractivity contribution in [1.29, 1.82) is 0 Å². The molecule has 0 aromatic heterocycles. The Labute approximate surface area is 354 Å². The minimum Gasteiger partial charge on any atom is -0.507 e. The molecule has 15 heteroatoms. The summed E-state index contributed by atoms with van der Waals surface area (Å²) in [6, 6.07) is 16.4. The minimum absolute atomic E-state index is 0.00374. The van der Waals surface area contributed by atoms with Crippen LogP contribution in [0.4, 0.5) is 22.7 Å². The van der Waals surface area contributed by atoms with Crippen LogP contribution in [-0.4, -0.2) is 94.5 Å². The number of aldehydes is 1. The number of ether oxygens (including phenoxy) is 3. The summed E-state index contributed by atoms with van der Waals surface area (Å²) >= 11 is 0. The lowest BCUT2D eigenvalue weighted by atomic mass is 9.97.